The number of fused-ring (bicyclic) bond motifs is 1. The molecule has 0 fully saturated rings. The number of anilines is 1. The third-order valence-corrected chi connectivity index (χ3v) is 4.79. The van der Waals surface area contributed by atoms with Crippen LogP contribution >= 0.6 is 0 Å². The molecule has 0 bridgehead atoms. The van der Waals surface area contributed by atoms with E-state index >= 15 is 0 Å². The number of nitrogens with one attached hydrogen (secondary N) is 1. The van der Waals surface area contributed by atoms with E-state index in [0.29, 0.717) is 0 Å². The van der Waals surface area contributed by atoms with Gasteiger partial charge in [0.05, 0.1) is 0 Å². The number of rotatable bonds is 2. The molecule has 136 valence electrons. The van der Waals surface area contributed by atoms with E-state index in [9.17, 15) is 0 Å². The molecule has 3 aromatic carbocycles. The number of hydrogen-bond acceptors (Lipinski definition) is 1. The van der Waals surface area contributed by atoms with Crippen LogP contribution in [0, 0.1) is 0 Å². The molecule has 28 heavy (non-hydrogen) atoms. The van der Waals surface area contributed by atoms with Crippen molar-refractivity contribution in [2.24, 2.45) is 0 Å². The highest BCUT2D eigenvalue weighted by atomic mass is 14.8. The van der Waals surface area contributed by atoms with Crippen LogP contribution in [0.5, 0.6) is 0 Å². The Hall–Kier alpha value is -3.58. The quantitative estimate of drug-likeness (QED) is 0.514. The SMILES string of the molecule is CC1=C/C(c2ccccc2)=C(/c2ccccc2)c2ccccc2N/C=C/C=C1. The van der Waals surface area contributed by atoms with Gasteiger partial charge in [-0.3, -0.25) is 0 Å². The zero-order valence-corrected chi connectivity index (χ0v) is 16.0. The Balaban J connectivity index is 2.11. The monoisotopic (exact) mass is 361 g/mol. The van der Waals surface area contributed by atoms with Crippen LogP contribution in [0.2, 0.25) is 0 Å². The summed E-state index contributed by atoms with van der Waals surface area (Å²) < 4.78 is 0. The Kier molecular flexibility index (Phi) is 5.35. The largest absolute Gasteiger partial charge is 0.361 e. The molecule has 1 heteroatoms. The highest BCUT2D eigenvalue weighted by Crippen LogP contribution is 2.37. The fourth-order valence-electron chi connectivity index (χ4n) is 3.48. The van der Waals surface area contributed by atoms with Crippen molar-refractivity contribution < 1.29 is 0 Å². The maximum Gasteiger partial charge on any atom is 0.0459 e. The molecule has 0 aliphatic carbocycles. The lowest BCUT2D eigenvalue weighted by Gasteiger charge is -2.18. The number of benzene rings is 3. The molecule has 0 saturated heterocycles. The highest BCUT2D eigenvalue weighted by molar-refractivity contribution is 6.05. The molecule has 0 atom stereocenters. The molecule has 1 heterocycles. The normalized spacial score (nSPS) is 17.7. The summed E-state index contributed by atoms with van der Waals surface area (Å²) in [5, 5.41) is 3.46. The minimum Gasteiger partial charge on any atom is -0.361 e. The number of hydrogen-bond donors (Lipinski definition) is 1. The molecule has 0 aromatic heterocycles. The van der Waals surface area contributed by atoms with Crippen LogP contribution in [-0.4, -0.2) is 0 Å². The van der Waals surface area contributed by atoms with E-state index in [4.69, 9.17) is 0 Å². The number of para-hydroxylation sites is 1. The van der Waals surface area contributed by atoms with Gasteiger partial charge >= 0.3 is 0 Å². The van der Waals surface area contributed by atoms with Crippen molar-refractivity contribution in [2.75, 3.05) is 5.32 Å². The predicted molar refractivity (Wildman–Crippen MR) is 121 cm³/mol. The van der Waals surface area contributed by atoms with Gasteiger partial charge in [-0.15, -0.1) is 0 Å². The highest BCUT2D eigenvalue weighted by Gasteiger charge is 2.15. The topological polar surface area (TPSA) is 12.0 Å². The van der Waals surface area contributed by atoms with Gasteiger partial charge in [-0.25, -0.2) is 0 Å². The predicted octanol–water partition coefficient (Wildman–Crippen LogP) is 7.09. The Morgan fingerprint density at radius 1 is 0.643 bits per heavy atom. The Morgan fingerprint density at radius 2 is 1.29 bits per heavy atom. The van der Waals surface area contributed by atoms with Crippen LogP contribution < -0.4 is 5.32 Å². The van der Waals surface area contributed by atoms with E-state index in [1.807, 2.05) is 12.3 Å². The fourth-order valence-corrected chi connectivity index (χ4v) is 3.48. The second-order valence-electron chi connectivity index (χ2n) is 6.82. The van der Waals surface area contributed by atoms with Crippen molar-refractivity contribution in [1.29, 1.82) is 0 Å². The van der Waals surface area contributed by atoms with Crippen LogP contribution in [0.25, 0.3) is 11.1 Å². The third-order valence-electron chi connectivity index (χ3n) is 4.79. The average Bonchev–Trinajstić information content (AvgIpc) is 2.78. The van der Waals surface area contributed by atoms with Crippen LogP contribution in [0.3, 0.4) is 0 Å². The van der Waals surface area contributed by atoms with E-state index in [1.165, 1.54) is 33.4 Å². The van der Waals surface area contributed by atoms with Crippen LogP contribution in [0.4, 0.5) is 5.69 Å². The van der Waals surface area contributed by atoms with Crippen molar-refractivity contribution >= 4 is 16.8 Å². The first-order valence-corrected chi connectivity index (χ1v) is 9.55. The van der Waals surface area contributed by atoms with Gasteiger partial charge in [-0.1, -0.05) is 103 Å². The van der Waals surface area contributed by atoms with Gasteiger partial charge in [0.1, 0.15) is 0 Å². The minimum absolute atomic E-state index is 1.09. The average molecular weight is 361 g/mol. The number of allylic oxidation sites excluding steroid dienone is 6. The lowest BCUT2D eigenvalue weighted by atomic mass is 9.87. The van der Waals surface area contributed by atoms with Crippen molar-refractivity contribution in [3.8, 4) is 0 Å². The zero-order chi connectivity index (χ0) is 19.2. The second kappa shape index (κ2) is 8.41. The Labute approximate surface area is 167 Å². The summed E-state index contributed by atoms with van der Waals surface area (Å²) in [5.74, 6) is 0. The Bertz CT molecular complexity index is 1070. The fraction of sp³-hybridized carbons (Fsp3) is 0.0370. The summed E-state index contributed by atoms with van der Waals surface area (Å²) in [4.78, 5) is 0. The smallest absolute Gasteiger partial charge is 0.0459 e. The van der Waals surface area contributed by atoms with E-state index in [-0.39, 0.29) is 0 Å². The first kappa shape index (κ1) is 17.8. The summed E-state index contributed by atoms with van der Waals surface area (Å²) >= 11 is 0. The molecule has 0 spiro atoms. The molecule has 4 rings (SSSR count). The van der Waals surface area contributed by atoms with E-state index in [2.05, 4.69) is 115 Å². The Morgan fingerprint density at radius 3 is 2.04 bits per heavy atom. The molecule has 1 aliphatic rings. The third kappa shape index (κ3) is 3.89. The maximum atomic E-state index is 3.46. The van der Waals surface area contributed by atoms with Gasteiger partial charge < -0.3 is 5.32 Å². The van der Waals surface area contributed by atoms with Gasteiger partial charge in [0.25, 0.3) is 0 Å². The van der Waals surface area contributed by atoms with E-state index in [1.54, 1.807) is 0 Å². The summed E-state index contributed by atoms with van der Waals surface area (Å²) in [7, 11) is 0. The molecule has 0 saturated carbocycles. The molecule has 1 N–H and O–H groups in total. The van der Waals surface area contributed by atoms with Gasteiger partial charge in [-0.05, 0) is 41.3 Å². The molecule has 1 nitrogen and oxygen atoms in total. The summed E-state index contributed by atoms with van der Waals surface area (Å²) in [6.45, 7) is 2.15. The molecule has 3 aromatic rings. The lowest BCUT2D eigenvalue weighted by Crippen LogP contribution is -1.99. The standard InChI is InChI=1S/C27H23N/c1-21-12-10-11-19-28-26-18-9-8-17-24(26)27(23-15-6-3-7-16-23)25(20-21)22-13-4-2-5-14-22/h2-20,28H,1H3/b12-10?,19-11+,21-20?,27-25+. The lowest BCUT2D eigenvalue weighted by molar-refractivity contribution is 1.49. The van der Waals surface area contributed by atoms with Gasteiger partial charge in [0.2, 0.25) is 0 Å². The molecule has 1 aliphatic heterocycles. The van der Waals surface area contributed by atoms with Crippen molar-refractivity contribution in [2.45, 2.75) is 6.92 Å². The first-order valence-electron chi connectivity index (χ1n) is 9.55. The van der Waals surface area contributed by atoms with E-state index in [0.717, 1.165) is 5.69 Å². The molecule has 0 unspecified atom stereocenters. The van der Waals surface area contributed by atoms with Crippen molar-refractivity contribution in [1.82, 2.24) is 0 Å². The maximum absolute atomic E-state index is 3.46. The van der Waals surface area contributed by atoms with Crippen LogP contribution in [0.15, 0.2) is 121 Å². The van der Waals surface area contributed by atoms with Gasteiger partial charge in [0, 0.05) is 17.5 Å². The zero-order valence-electron chi connectivity index (χ0n) is 16.0. The van der Waals surface area contributed by atoms with E-state index < -0.39 is 0 Å². The summed E-state index contributed by atoms with van der Waals surface area (Å²) in [5.41, 5.74) is 8.32. The van der Waals surface area contributed by atoms with Gasteiger partial charge in [-0.2, -0.15) is 0 Å². The van der Waals surface area contributed by atoms with Crippen molar-refractivity contribution in [3.63, 3.8) is 0 Å². The van der Waals surface area contributed by atoms with Gasteiger partial charge in [0.15, 0.2) is 0 Å². The van der Waals surface area contributed by atoms with Crippen molar-refractivity contribution in [3.05, 3.63) is 138 Å². The molecule has 0 amide bonds. The molecule has 0 radical (unpaired) electrons. The first-order chi connectivity index (χ1) is 13.8. The van der Waals surface area contributed by atoms with Crippen LogP contribution in [-0.2, 0) is 0 Å². The second-order valence-corrected chi connectivity index (χ2v) is 6.82. The minimum atomic E-state index is 1.09. The summed E-state index contributed by atoms with van der Waals surface area (Å²) in [6, 6.07) is 29.7. The molecular weight excluding hydrogens is 338 g/mol. The molecular formula is C27H23N. The summed E-state index contributed by atoms with van der Waals surface area (Å²) in [6.07, 6.45) is 10.5. The van der Waals surface area contributed by atoms with Crippen LogP contribution in [0.1, 0.15) is 23.6 Å².